The van der Waals surface area contributed by atoms with Gasteiger partial charge in [0.2, 0.25) is 0 Å². The van der Waals surface area contributed by atoms with Crippen LogP contribution in [0, 0.1) is 5.92 Å². The maximum atomic E-state index is 3.37. The molecule has 1 aliphatic rings. The van der Waals surface area contributed by atoms with Crippen LogP contribution < -0.4 is 5.32 Å². The van der Waals surface area contributed by atoms with Crippen molar-refractivity contribution in [1.29, 1.82) is 0 Å². The molecular weight excluding hydrogens is 234 g/mol. The fourth-order valence-electron chi connectivity index (χ4n) is 3.14. The summed E-state index contributed by atoms with van der Waals surface area (Å²) in [6.45, 7) is 4.70. The summed E-state index contributed by atoms with van der Waals surface area (Å²) in [6.07, 6.45) is 4.82. The first kappa shape index (κ1) is 12.7. The van der Waals surface area contributed by atoms with Crippen LogP contribution in [0.4, 0.5) is 0 Å². The lowest BCUT2D eigenvalue weighted by molar-refractivity contribution is 0.177. The number of para-hydroxylation sites is 1. The fourth-order valence-corrected chi connectivity index (χ4v) is 3.14. The molecule has 1 aromatic heterocycles. The first-order chi connectivity index (χ1) is 9.36. The quantitative estimate of drug-likeness (QED) is 0.882. The number of hydrogen-bond donors (Lipinski definition) is 2. The number of nitrogens with zero attached hydrogens (tertiary/aromatic N) is 1. The minimum atomic E-state index is 0.865. The van der Waals surface area contributed by atoms with E-state index in [1.165, 1.54) is 48.9 Å². The van der Waals surface area contributed by atoms with E-state index >= 15 is 0 Å². The van der Waals surface area contributed by atoms with Gasteiger partial charge in [-0.15, -0.1) is 0 Å². The smallest absolute Gasteiger partial charge is 0.0457 e. The van der Waals surface area contributed by atoms with Gasteiger partial charge < -0.3 is 10.3 Å². The minimum Gasteiger partial charge on any atom is -0.361 e. The van der Waals surface area contributed by atoms with Gasteiger partial charge in [0, 0.05) is 23.6 Å². The lowest BCUT2D eigenvalue weighted by atomic mass is 9.96. The Bertz CT molecular complexity index is 524. The molecule has 2 aromatic rings. The van der Waals surface area contributed by atoms with Crippen molar-refractivity contribution in [2.45, 2.75) is 19.4 Å². The second-order valence-electron chi connectivity index (χ2n) is 5.64. The van der Waals surface area contributed by atoms with Gasteiger partial charge in [0.15, 0.2) is 0 Å². The highest BCUT2D eigenvalue weighted by molar-refractivity contribution is 5.82. The lowest BCUT2D eigenvalue weighted by Crippen LogP contribution is -2.36. The molecule has 1 aromatic carbocycles. The fraction of sp³-hybridized carbons (Fsp3) is 0.500. The molecule has 19 heavy (non-hydrogen) atoms. The SMILES string of the molecule is CNCC1CCN(Cc2c[nH]c3ccccc23)CC1. The van der Waals surface area contributed by atoms with Crippen molar-refractivity contribution >= 4 is 10.9 Å². The number of H-pyrrole nitrogens is 1. The second kappa shape index (κ2) is 5.76. The molecule has 3 heteroatoms. The van der Waals surface area contributed by atoms with Gasteiger partial charge in [0.1, 0.15) is 0 Å². The minimum absolute atomic E-state index is 0.865. The number of nitrogens with one attached hydrogen (secondary N) is 2. The maximum Gasteiger partial charge on any atom is 0.0457 e. The summed E-state index contributed by atoms with van der Waals surface area (Å²) in [5.41, 5.74) is 2.69. The number of aromatic nitrogens is 1. The van der Waals surface area contributed by atoms with Crippen molar-refractivity contribution in [2.24, 2.45) is 5.92 Å². The molecule has 0 aliphatic carbocycles. The Morgan fingerprint density at radius 1 is 1.26 bits per heavy atom. The number of likely N-dealkylation sites (tertiary alicyclic amines) is 1. The number of aromatic amines is 1. The van der Waals surface area contributed by atoms with Crippen molar-refractivity contribution in [1.82, 2.24) is 15.2 Å². The van der Waals surface area contributed by atoms with Crippen LogP contribution in [0.1, 0.15) is 18.4 Å². The van der Waals surface area contributed by atoms with Crippen LogP contribution in [0.15, 0.2) is 30.5 Å². The Hall–Kier alpha value is -1.32. The first-order valence-electron chi connectivity index (χ1n) is 7.29. The van der Waals surface area contributed by atoms with Crippen LogP contribution in [-0.4, -0.2) is 36.6 Å². The third-order valence-electron chi connectivity index (χ3n) is 4.27. The van der Waals surface area contributed by atoms with E-state index in [4.69, 9.17) is 0 Å². The van der Waals surface area contributed by atoms with Gasteiger partial charge in [-0.25, -0.2) is 0 Å². The molecule has 102 valence electrons. The zero-order valence-corrected chi connectivity index (χ0v) is 11.7. The van der Waals surface area contributed by atoms with Crippen LogP contribution in [0.25, 0.3) is 10.9 Å². The molecule has 0 spiro atoms. The Balaban J connectivity index is 1.63. The first-order valence-corrected chi connectivity index (χ1v) is 7.29. The van der Waals surface area contributed by atoms with Gasteiger partial charge in [0.25, 0.3) is 0 Å². The highest BCUT2D eigenvalue weighted by atomic mass is 15.1. The van der Waals surface area contributed by atoms with Crippen molar-refractivity contribution in [2.75, 3.05) is 26.7 Å². The molecule has 1 saturated heterocycles. The van der Waals surface area contributed by atoms with Gasteiger partial charge in [0.05, 0.1) is 0 Å². The van der Waals surface area contributed by atoms with Crippen LogP contribution in [0.3, 0.4) is 0 Å². The van der Waals surface area contributed by atoms with Gasteiger partial charge >= 0.3 is 0 Å². The van der Waals surface area contributed by atoms with Gasteiger partial charge in [-0.3, -0.25) is 4.90 Å². The molecule has 0 atom stereocenters. The van der Waals surface area contributed by atoms with Gasteiger partial charge in [-0.05, 0) is 57.1 Å². The van der Waals surface area contributed by atoms with E-state index in [0.29, 0.717) is 0 Å². The normalized spacial score (nSPS) is 18.2. The number of rotatable bonds is 4. The molecule has 3 nitrogen and oxygen atoms in total. The van der Waals surface area contributed by atoms with Gasteiger partial charge in [-0.2, -0.15) is 0 Å². The van der Waals surface area contributed by atoms with Crippen molar-refractivity contribution in [3.8, 4) is 0 Å². The largest absolute Gasteiger partial charge is 0.361 e. The molecule has 0 radical (unpaired) electrons. The van der Waals surface area contributed by atoms with E-state index in [-0.39, 0.29) is 0 Å². The zero-order valence-electron chi connectivity index (χ0n) is 11.7. The molecule has 1 fully saturated rings. The third kappa shape index (κ3) is 2.82. The number of fused-ring (bicyclic) bond motifs is 1. The molecule has 1 aliphatic heterocycles. The highest BCUT2D eigenvalue weighted by Gasteiger charge is 2.19. The Morgan fingerprint density at radius 2 is 2.05 bits per heavy atom. The second-order valence-corrected chi connectivity index (χ2v) is 5.64. The predicted octanol–water partition coefficient (Wildman–Crippen LogP) is 2.60. The van der Waals surface area contributed by atoms with E-state index < -0.39 is 0 Å². The van der Waals surface area contributed by atoms with E-state index in [1.54, 1.807) is 0 Å². The van der Waals surface area contributed by atoms with Crippen molar-refractivity contribution < 1.29 is 0 Å². The average molecular weight is 257 g/mol. The van der Waals surface area contributed by atoms with E-state index in [0.717, 1.165) is 12.5 Å². The topological polar surface area (TPSA) is 31.1 Å². The number of piperidine rings is 1. The average Bonchev–Trinajstić information content (AvgIpc) is 2.85. The summed E-state index contributed by atoms with van der Waals surface area (Å²) in [5.74, 6) is 0.865. The number of hydrogen-bond acceptors (Lipinski definition) is 2. The summed E-state index contributed by atoms with van der Waals surface area (Å²) >= 11 is 0. The van der Waals surface area contributed by atoms with Crippen molar-refractivity contribution in [3.05, 3.63) is 36.0 Å². The third-order valence-corrected chi connectivity index (χ3v) is 4.27. The maximum absolute atomic E-state index is 3.37. The summed E-state index contributed by atoms with van der Waals surface area (Å²) in [5, 5.41) is 4.67. The summed E-state index contributed by atoms with van der Waals surface area (Å²) < 4.78 is 0. The monoisotopic (exact) mass is 257 g/mol. The summed E-state index contributed by atoms with van der Waals surface area (Å²) in [4.78, 5) is 5.96. The molecule has 2 heterocycles. The van der Waals surface area contributed by atoms with Crippen LogP contribution in [-0.2, 0) is 6.54 Å². The van der Waals surface area contributed by atoms with Crippen LogP contribution in [0.2, 0.25) is 0 Å². The van der Waals surface area contributed by atoms with E-state index in [1.807, 2.05) is 0 Å². The van der Waals surface area contributed by atoms with Crippen molar-refractivity contribution in [3.63, 3.8) is 0 Å². The summed E-state index contributed by atoms with van der Waals surface area (Å²) in [7, 11) is 2.05. The van der Waals surface area contributed by atoms with Crippen LogP contribution in [0.5, 0.6) is 0 Å². The predicted molar refractivity (Wildman–Crippen MR) is 80.2 cm³/mol. The molecular formula is C16H23N3. The standard InChI is InChI=1S/C16H23N3/c1-17-10-13-6-8-19(9-7-13)12-14-11-18-16-5-3-2-4-15(14)16/h2-5,11,13,17-18H,6-10,12H2,1H3. The van der Waals surface area contributed by atoms with E-state index in [2.05, 4.69) is 52.7 Å². The lowest BCUT2D eigenvalue weighted by Gasteiger charge is -2.31. The Kier molecular flexibility index (Phi) is 3.85. The Labute approximate surface area is 115 Å². The molecule has 3 rings (SSSR count). The molecule has 0 saturated carbocycles. The molecule has 2 N–H and O–H groups in total. The highest BCUT2D eigenvalue weighted by Crippen LogP contribution is 2.22. The Morgan fingerprint density at radius 3 is 2.84 bits per heavy atom. The van der Waals surface area contributed by atoms with Crippen LogP contribution >= 0.6 is 0 Å². The van der Waals surface area contributed by atoms with E-state index in [9.17, 15) is 0 Å². The molecule has 0 bridgehead atoms. The molecule has 0 amide bonds. The molecule has 0 unspecified atom stereocenters. The number of benzene rings is 1. The zero-order chi connectivity index (χ0) is 13.1. The summed E-state index contributed by atoms with van der Waals surface area (Å²) in [6, 6.07) is 8.58. The van der Waals surface area contributed by atoms with Gasteiger partial charge in [-0.1, -0.05) is 18.2 Å².